The van der Waals surface area contributed by atoms with Gasteiger partial charge in [-0.2, -0.15) is 0 Å². The highest BCUT2D eigenvalue weighted by Crippen LogP contribution is 2.60. The largest absolute Gasteiger partial charge is 0.356 e. The molecule has 2 saturated carbocycles. The zero-order chi connectivity index (χ0) is 9.31. The van der Waals surface area contributed by atoms with Crippen LogP contribution in [0.1, 0.15) is 45.4 Å². The van der Waals surface area contributed by atoms with Gasteiger partial charge in [-0.1, -0.05) is 6.92 Å². The SMILES string of the molecule is CCCC(=O)NCC1(C2CC2)CC1. The molecule has 0 spiro atoms. The molecule has 0 atom stereocenters. The highest BCUT2D eigenvalue weighted by atomic mass is 16.1. The molecule has 0 aliphatic heterocycles. The summed E-state index contributed by atoms with van der Waals surface area (Å²) in [6, 6.07) is 0. The van der Waals surface area contributed by atoms with E-state index in [2.05, 4.69) is 5.32 Å². The maximum atomic E-state index is 11.2. The van der Waals surface area contributed by atoms with Crippen molar-refractivity contribution in [3.63, 3.8) is 0 Å². The van der Waals surface area contributed by atoms with E-state index >= 15 is 0 Å². The molecule has 13 heavy (non-hydrogen) atoms. The quantitative estimate of drug-likeness (QED) is 0.691. The summed E-state index contributed by atoms with van der Waals surface area (Å²) in [6.45, 7) is 3.00. The summed E-state index contributed by atoms with van der Waals surface area (Å²) in [4.78, 5) is 11.2. The fourth-order valence-corrected chi connectivity index (χ4v) is 2.18. The molecule has 0 bridgehead atoms. The van der Waals surface area contributed by atoms with Crippen LogP contribution in [0.5, 0.6) is 0 Å². The minimum atomic E-state index is 0.245. The van der Waals surface area contributed by atoms with E-state index < -0.39 is 0 Å². The van der Waals surface area contributed by atoms with Crippen LogP contribution >= 0.6 is 0 Å². The average molecular weight is 181 g/mol. The van der Waals surface area contributed by atoms with Crippen LogP contribution in [0, 0.1) is 11.3 Å². The second-order valence-corrected chi connectivity index (χ2v) is 4.66. The number of carbonyl (C=O) groups is 1. The van der Waals surface area contributed by atoms with E-state index in [1.807, 2.05) is 6.92 Å². The molecule has 0 radical (unpaired) electrons. The van der Waals surface area contributed by atoms with Gasteiger partial charge in [0.2, 0.25) is 5.91 Å². The second-order valence-electron chi connectivity index (χ2n) is 4.66. The zero-order valence-corrected chi connectivity index (χ0v) is 8.44. The third-order valence-electron chi connectivity index (χ3n) is 3.45. The Kier molecular flexibility index (Phi) is 2.31. The monoisotopic (exact) mass is 181 g/mol. The van der Waals surface area contributed by atoms with Crippen LogP contribution in [0.3, 0.4) is 0 Å². The molecule has 2 aliphatic carbocycles. The van der Waals surface area contributed by atoms with Gasteiger partial charge in [0.25, 0.3) is 0 Å². The molecule has 1 amide bonds. The van der Waals surface area contributed by atoms with Crippen LogP contribution in [-0.4, -0.2) is 12.5 Å². The highest BCUT2D eigenvalue weighted by molar-refractivity contribution is 5.75. The van der Waals surface area contributed by atoms with Crippen LogP contribution in [-0.2, 0) is 4.79 Å². The standard InChI is InChI=1S/C11H19NO/c1-2-3-10(13)12-8-11(6-7-11)9-4-5-9/h9H,2-8H2,1H3,(H,12,13). The first-order chi connectivity index (χ1) is 6.27. The fraction of sp³-hybridized carbons (Fsp3) is 0.909. The number of nitrogens with one attached hydrogen (secondary N) is 1. The first-order valence-corrected chi connectivity index (χ1v) is 5.53. The molecule has 0 saturated heterocycles. The van der Waals surface area contributed by atoms with Crippen LogP contribution in [0.2, 0.25) is 0 Å². The maximum Gasteiger partial charge on any atom is 0.220 e. The Hall–Kier alpha value is -0.530. The molecule has 2 nitrogen and oxygen atoms in total. The van der Waals surface area contributed by atoms with Crippen molar-refractivity contribution in [1.82, 2.24) is 5.32 Å². The normalized spacial score (nSPS) is 24.1. The second kappa shape index (κ2) is 3.32. The van der Waals surface area contributed by atoms with Crippen molar-refractivity contribution in [3.05, 3.63) is 0 Å². The molecule has 1 N–H and O–H groups in total. The molecular weight excluding hydrogens is 162 g/mol. The molecule has 0 aromatic rings. The minimum Gasteiger partial charge on any atom is -0.356 e. The molecular formula is C11H19NO. The van der Waals surface area contributed by atoms with Gasteiger partial charge in [-0.25, -0.2) is 0 Å². The van der Waals surface area contributed by atoms with E-state index in [9.17, 15) is 4.79 Å². The average Bonchev–Trinajstić information content (AvgIpc) is 2.95. The summed E-state index contributed by atoms with van der Waals surface area (Å²) in [5.74, 6) is 1.20. The van der Waals surface area contributed by atoms with E-state index in [-0.39, 0.29) is 5.91 Å². The third kappa shape index (κ3) is 2.04. The van der Waals surface area contributed by atoms with Gasteiger partial charge < -0.3 is 5.32 Å². The number of carbonyl (C=O) groups excluding carboxylic acids is 1. The lowest BCUT2D eigenvalue weighted by Crippen LogP contribution is -2.30. The fourth-order valence-electron chi connectivity index (χ4n) is 2.18. The lowest BCUT2D eigenvalue weighted by Gasteiger charge is -2.14. The Morgan fingerprint density at radius 1 is 1.46 bits per heavy atom. The van der Waals surface area contributed by atoms with Gasteiger partial charge in [-0.15, -0.1) is 0 Å². The van der Waals surface area contributed by atoms with Crippen molar-refractivity contribution in [2.45, 2.75) is 45.4 Å². The molecule has 2 rings (SSSR count). The van der Waals surface area contributed by atoms with Gasteiger partial charge in [0.05, 0.1) is 0 Å². The summed E-state index contributed by atoms with van der Waals surface area (Å²) in [5.41, 5.74) is 0.559. The van der Waals surface area contributed by atoms with Gasteiger partial charge in [0.1, 0.15) is 0 Å². The molecule has 74 valence electrons. The van der Waals surface area contributed by atoms with Gasteiger partial charge in [-0.3, -0.25) is 4.79 Å². The van der Waals surface area contributed by atoms with Crippen LogP contribution in [0.4, 0.5) is 0 Å². The van der Waals surface area contributed by atoms with Gasteiger partial charge in [0, 0.05) is 13.0 Å². The van der Waals surface area contributed by atoms with E-state index in [0.717, 1.165) is 18.9 Å². The maximum absolute atomic E-state index is 11.2. The van der Waals surface area contributed by atoms with Crippen LogP contribution in [0.15, 0.2) is 0 Å². The summed E-state index contributed by atoms with van der Waals surface area (Å²) in [6.07, 6.45) is 7.17. The summed E-state index contributed by atoms with van der Waals surface area (Å²) in [7, 11) is 0. The van der Waals surface area contributed by atoms with Crippen LogP contribution in [0.25, 0.3) is 0 Å². The Morgan fingerprint density at radius 3 is 2.62 bits per heavy atom. The van der Waals surface area contributed by atoms with E-state index in [1.54, 1.807) is 0 Å². The lowest BCUT2D eigenvalue weighted by atomic mass is 10.0. The van der Waals surface area contributed by atoms with E-state index in [4.69, 9.17) is 0 Å². The predicted octanol–water partition coefficient (Wildman–Crippen LogP) is 2.09. The molecule has 0 heterocycles. The van der Waals surface area contributed by atoms with Crippen LogP contribution < -0.4 is 5.32 Å². The topological polar surface area (TPSA) is 29.1 Å². The minimum absolute atomic E-state index is 0.245. The Balaban J connectivity index is 1.69. The molecule has 2 fully saturated rings. The number of hydrogen-bond acceptors (Lipinski definition) is 1. The zero-order valence-electron chi connectivity index (χ0n) is 8.44. The van der Waals surface area contributed by atoms with Crippen molar-refractivity contribution < 1.29 is 4.79 Å². The van der Waals surface area contributed by atoms with E-state index in [1.165, 1.54) is 25.7 Å². The Morgan fingerprint density at radius 2 is 2.15 bits per heavy atom. The first kappa shape index (κ1) is 9.04. The predicted molar refractivity (Wildman–Crippen MR) is 52.3 cm³/mol. The van der Waals surface area contributed by atoms with Crippen molar-refractivity contribution in [1.29, 1.82) is 0 Å². The summed E-state index contributed by atoms with van der Waals surface area (Å²) in [5, 5.41) is 3.07. The Labute approximate surface area is 80.1 Å². The highest BCUT2D eigenvalue weighted by Gasteiger charge is 2.53. The van der Waals surface area contributed by atoms with Crippen molar-refractivity contribution >= 4 is 5.91 Å². The summed E-state index contributed by atoms with van der Waals surface area (Å²) < 4.78 is 0. The number of rotatable bonds is 5. The van der Waals surface area contributed by atoms with Gasteiger partial charge in [0.15, 0.2) is 0 Å². The van der Waals surface area contributed by atoms with Crippen molar-refractivity contribution in [3.8, 4) is 0 Å². The summed E-state index contributed by atoms with van der Waals surface area (Å²) >= 11 is 0. The number of hydrogen-bond donors (Lipinski definition) is 1. The first-order valence-electron chi connectivity index (χ1n) is 5.53. The Bertz CT molecular complexity index is 204. The third-order valence-corrected chi connectivity index (χ3v) is 3.45. The molecule has 0 aromatic heterocycles. The van der Waals surface area contributed by atoms with Crippen molar-refractivity contribution in [2.75, 3.05) is 6.54 Å². The van der Waals surface area contributed by atoms with E-state index in [0.29, 0.717) is 11.8 Å². The van der Waals surface area contributed by atoms with Gasteiger partial charge in [-0.05, 0) is 43.4 Å². The van der Waals surface area contributed by atoms with Gasteiger partial charge >= 0.3 is 0 Å². The lowest BCUT2D eigenvalue weighted by molar-refractivity contribution is -0.121. The molecule has 2 aliphatic rings. The number of amides is 1. The van der Waals surface area contributed by atoms with Crippen molar-refractivity contribution in [2.24, 2.45) is 11.3 Å². The smallest absolute Gasteiger partial charge is 0.220 e. The molecule has 2 heteroatoms. The molecule has 0 unspecified atom stereocenters. The molecule has 0 aromatic carbocycles.